The molecule has 2 rings (SSSR count). The highest BCUT2D eigenvalue weighted by Gasteiger charge is 2.13. The van der Waals surface area contributed by atoms with Crippen LogP contribution in [0.4, 0.5) is 0 Å². The Labute approximate surface area is 105 Å². The number of aromatic nitrogens is 4. The van der Waals surface area contributed by atoms with Gasteiger partial charge >= 0.3 is 11.7 Å². The van der Waals surface area contributed by atoms with Crippen LogP contribution in [0, 0.1) is 6.92 Å². The van der Waals surface area contributed by atoms with E-state index in [1.807, 2.05) is 0 Å². The fourth-order valence-electron chi connectivity index (χ4n) is 1.29. The highest BCUT2D eigenvalue weighted by atomic mass is 32.2. The highest BCUT2D eigenvalue weighted by Crippen LogP contribution is 2.14. The van der Waals surface area contributed by atoms with E-state index in [0.717, 1.165) is 11.8 Å². The molecule has 0 amide bonds. The fraction of sp³-hybridized carbons (Fsp3) is 0.333. The van der Waals surface area contributed by atoms with Crippen molar-refractivity contribution in [1.82, 2.24) is 19.7 Å². The third-order valence-electron chi connectivity index (χ3n) is 2.01. The molecule has 0 fully saturated rings. The summed E-state index contributed by atoms with van der Waals surface area (Å²) < 4.78 is 6.53. The number of aliphatic carboxylic acids is 1. The lowest BCUT2D eigenvalue weighted by Crippen LogP contribution is -2.18. The summed E-state index contributed by atoms with van der Waals surface area (Å²) in [5, 5.41) is 14.9. The first-order valence-electron chi connectivity index (χ1n) is 4.97. The van der Waals surface area contributed by atoms with E-state index < -0.39 is 11.7 Å². The van der Waals surface area contributed by atoms with Crippen LogP contribution in [0.2, 0.25) is 0 Å². The quantitative estimate of drug-likeness (QED) is 0.740. The second kappa shape index (κ2) is 5.08. The van der Waals surface area contributed by atoms with Crippen LogP contribution < -0.4 is 5.69 Å². The molecule has 0 aromatic carbocycles. The van der Waals surface area contributed by atoms with Crippen LogP contribution in [-0.4, -0.2) is 36.6 Å². The molecule has 0 bridgehead atoms. The molecular formula is C9H10N4O4S. The molecule has 0 aliphatic rings. The van der Waals surface area contributed by atoms with Crippen molar-refractivity contribution in [2.45, 2.75) is 18.6 Å². The number of nitrogens with one attached hydrogen (secondary N) is 1. The molecule has 0 aliphatic heterocycles. The zero-order valence-electron chi connectivity index (χ0n) is 9.41. The van der Waals surface area contributed by atoms with Gasteiger partial charge in [0.15, 0.2) is 5.16 Å². The molecule has 96 valence electrons. The van der Waals surface area contributed by atoms with Gasteiger partial charge in [0, 0.05) is 0 Å². The van der Waals surface area contributed by atoms with Gasteiger partial charge in [-0.3, -0.25) is 9.36 Å². The van der Waals surface area contributed by atoms with E-state index in [0.29, 0.717) is 16.8 Å². The standard InChI is InChI=1S/C9H10N4O4S/c1-5-2-10-6(17-5)3-13-8(16)11-12-9(13)18-4-7(14)15/h2H,3-4H2,1H3,(H,11,16)(H,14,15). The van der Waals surface area contributed by atoms with E-state index in [2.05, 4.69) is 15.2 Å². The van der Waals surface area contributed by atoms with Gasteiger partial charge < -0.3 is 9.52 Å². The van der Waals surface area contributed by atoms with Crippen molar-refractivity contribution in [2.24, 2.45) is 0 Å². The molecule has 0 saturated carbocycles. The maximum atomic E-state index is 11.5. The summed E-state index contributed by atoms with van der Waals surface area (Å²) in [5.41, 5.74) is -0.432. The minimum Gasteiger partial charge on any atom is -0.481 e. The monoisotopic (exact) mass is 270 g/mol. The smallest absolute Gasteiger partial charge is 0.344 e. The molecule has 0 atom stereocenters. The number of thioether (sulfide) groups is 1. The van der Waals surface area contributed by atoms with Crippen molar-refractivity contribution in [3.63, 3.8) is 0 Å². The molecule has 0 radical (unpaired) electrons. The molecule has 18 heavy (non-hydrogen) atoms. The van der Waals surface area contributed by atoms with Gasteiger partial charge in [0.2, 0.25) is 5.89 Å². The number of carboxylic acid groups (broad SMARTS) is 1. The Hall–Kier alpha value is -2.03. The van der Waals surface area contributed by atoms with Crippen LogP contribution in [0.15, 0.2) is 20.6 Å². The number of nitrogens with zero attached hydrogens (tertiary/aromatic N) is 3. The van der Waals surface area contributed by atoms with Crippen LogP contribution in [-0.2, 0) is 11.3 Å². The first-order valence-corrected chi connectivity index (χ1v) is 5.96. The van der Waals surface area contributed by atoms with E-state index in [1.54, 1.807) is 13.1 Å². The molecule has 2 heterocycles. The number of aromatic amines is 1. The maximum Gasteiger partial charge on any atom is 0.344 e. The molecule has 0 spiro atoms. The summed E-state index contributed by atoms with van der Waals surface area (Å²) >= 11 is 0.954. The highest BCUT2D eigenvalue weighted by molar-refractivity contribution is 7.99. The van der Waals surface area contributed by atoms with E-state index in [-0.39, 0.29) is 12.3 Å². The van der Waals surface area contributed by atoms with Gasteiger partial charge in [-0.2, -0.15) is 0 Å². The average molecular weight is 270 g/mol. The molecule has 2 aromatic heterocycles. The fourth-order valence-corrected chi connectivity index (χ4v) is 1.95. The molecule has 8 nitrogen and oxygen atoms in total. The number of hydrogen-bond donors (Lipinski definition) is 2. The van der Waals surface area contributed by atoms with Crippen LogP contribution in [0.1, 0.15) is 11.7 Å². The lowest BCUT2D eigenvalue weighted by Gasteiger charge is -2.00. The van der Waals surface area contributed by atoms with Gasteiger partial charge in [-0.1, -0.05) is 11.8 Å². The first kappa shape index (κ1) is 12.4. The molecule has 9 heteroatoms. The van der Waals surface area contributed by atoms with Crippen molar-refractivity contribution in [2.75, 3.05) is 5.75 Å². The SMILES string of the molecule is Cc1cnc(Cn2c(SCC(=O)O)n[nH]c2=O)o1. The van der Waals surface area contributed by atoms with Crippen molar-refractivity contribution >= 4 is 17.7 Å². The molecule has 2 N–H and O–H groups in total. The third-order valence-corrected chi connectivity index (χ3v) is 2.97. The van der Waals surface area contributed by atoms with Gasteiger partial charge in [0.1, 0.15) is 12.3 Å². The maximum absolute atomic E-state index is 11.5. The Morgan fingerprint density at radius 1 is 1.67 bits per heavy atom. The van der Waals surface area contributed by atoms with E-state index in [4.69, 9.17) is 9.52 Å². The Morgan fingerprint density at radius 2 is 2.44 bits per heavy atom. The van der Waals surface area contributed by atoms with Gasteiger partial charge in [0.05, 0.1) is 11.9 Å². The Morgan fingerprint density at radius 3 is 3.06 bits per heavy atom. The minimum absolute atomic E-state index is 0.116. The van der Waals surface area contributed by atoms with Crippen molar-refractivity contribution in [3.05, 3.63) is 28.3 Å². The van der Waals surface area contributed by atoms with Gasteiger partial charge in [-0.15, -0.1) is 5.10 Å². The van der Waals surface area contributed by atoms with Crippen molar-refractivity contribution in [3.8, 4) is 0 Å². The van der Waals surface area contributed by atoms with Gasteiger partial charge in [-0.25, -0.2) is 14.9 Å². The number of oxazole rings is 1. The van der Waals surface area contributed by atoms with Crippen LogP contribution >= 0.6 is 11.8 Å². The Balaban J connectivity index is 2.18. The predicted molar refractivity (Wildman–Crippen MR) is 61.5 cm³/mol. The van der Waals surface area contributed by atoms with E-state index in [1.165, 1.54) is 4.57 Å². The number of aryl methyl sites for hydroxylation is 1. The summed E-state index contributed by atoms with van der Waals surface area (Å²) in [6.45, 7) is 1.86. The Kier molecular flexibility index (Phi) is 3.51. The number of carboxylic acids is 1. The summed E-state index contributed by atoms with van der Waals surface area (Å²) in [4.78, 5) is 26.0. The normalized spacial score (nSPS) is 10.7. The van der Waals surface area contributed by atoms with Crippen LogP contribution in [0.3, 0.4) is 0 Å². The first-order chi connectivity index (χ1) is 8.56. The molecular weight excluding hydrogens is 260 g/mol. The summed E-state index contributed by atoms with van der Waals surface area (Å²) in [6.07, 6.45) is 1.55. The van der Waals surface area contributed by atoms with Gasteiger partial charge in [-0.05, 0) is 6.92 Å². The average Bonchev–Trinajstić information content (AvgIpc) is 2.85. The molecule has 0 unspecified atom stereocenters. The molecule has 2 aromatic rings. The second-order valence-corrected chi connectivity index (χ2v) is 4.39. The molecule has 0 aliphatic carbocycles. The number of rotatable bonds is 5. The third kappa shape index (κ3) is 2.80. The number of carbonyl (C=O) groups is 1. The summed E-state index contributed by atoms with van der Waals surface area (Å²) in [6, 6.07) is 0. The van der Waals surface area contributed by atoms with Crippen LogP contribution in [0.5, 0.6) is 0 Å². The topological polar surface area (TPSA) is 114 Å². The summed E-state index contributed by atoms with van der Waals surface area (Å²) in [5.74, 6) is -0.141. The zero-order valence-corrected chi connectivity index (χ0v) is 10.2. The summed E-state index contributed by atoms with van der Waals surface area (Å²) in [7, 11) is 0. The van der Waals surface area contributed by atoms with Crippen molar-refractivity contribution in [1.29, 1.82) is 0 Å². The van der Waals surface area contributed by atoms with Gasteiger partial charge in [0.25, 0.3) is 0 Å². The number of H-pyrrole nitrogens is 1. The largest absolute Gasteiger partial charge is 0.481 e. The van der Waals surface area contributed by atoms with E-state index in [9.17, 15) is 9.59 Å². The second-order valence-electron chi connectivity index (χ2n) is 3.44. The van der Waals surface area contributed by atoms with Crippen molar-refractivity contribution < 1.29 is 14.3 Å². The van der Waals surface area contributed by atoms with E-state index >= 15 is 0 Å². The lowest BCUT2D eigenvalue weighted by molar-refractivity contribution is -0.133. The number of hydrogen-bond acceptors (Lipinski definition) is 6. The zero-order chi connectivity index (χ0) is 13.1. The lowest BCUT2D eigenvalue weighted by atomic mass is 10.6. The van der Waals surface area contributed by atoms with Crippen LogP contribution in [0.25, 0.3) is 0 Å². The Bertz CT molecular complexity index is 614. The molecule has 0 saturated heterocycles. The minimum atomic E-state index is -0.978. The predicted octanol–water partition coefficient (Wildman–Crippen LogP) is 0.0928.